The molecule has 4 heteroatoms. The Morgan fingerprint density at radius 3 is 2.05 bits per heavy atom. The molecule has 0 aliphatic carbocycles. The summed E-state index contributed by atoms with van der Waals surface area (Å²) in [4.78, 5) is 2.11. The fourth-order valence-electron chi connectivity index (χ4n) is 2.17. The van der Waals surface area contributed by atoms with Crippen molar-refractivity contribution in [3.8, 4) is 5.75 Å². The van der Waals surface area contributed by atoms with Gasteiger partial charge in [-0.25, -0.2) is 0 Å². The lowest BCUT2D eigenvalue weighted by Crippen LogP contribution is -3.00. The largest absolute Gasteiger partial charge is 1.00 e. The third-order valence-corrected chi connectivity index (χ3v) is 3.53. The molecular formula is C18H24ClN2O-. The fourth-order valence-corrected chi connectivity index (χ4v) is 2.17. The van der Waals surface area contributed by atoms with Crippen LogP contribution in [-0.2, 0) is 13.0 Å². The van der Waals surface area contributed by atoms with Crippen LogP contribution in [0, 0.1) is 0 Å². The molecule has 0 aliphatic rings. The van der Waals surface area contributed by atoms with Crippen LogP contribution in [0.4, 0.5) is 5.69 Å². The Balaban J connectivity index is 0.00000242. The van der Waals surface area contributed by atoms with Crippen molar-refractivity contribution in [2.24, 2.45) is 0 Å². The van der Waals surface area contributed by atoms with Gasteiger partial charge in [-0.15, -0.1) is 0 Å². The first-order valence-corrected chi connectivity index (χ1v) is 7.29. The summed E-state index contributed by atoms with van der Waals surface area (Å²) >= 11 is 0. The molecule has 0 bridgehead atoms. The van der Waals surface area contributed by atoms with Crippen LogP contribution >= 0.6 is 0 Å². The van der Waals surface area contributed by atoms with E-state index in [9.17, 15) is 0 Å². The number of hydrogen-bond acceptors (Lipinski definition) is 3. The number of benzene rings is 2. The Bertz CT molecular complexity index is 538. The van der Waals surface area contributed by atoms with Crippen molar-refractivity contribution in [2.75, 3.05) is 32.6 Å². The minimum atomic E-state index is 0. The van der Waals surface area contributed by atoms with Gasteiger partial charge in [0.2, 0.25) is 0 Å². The third-order valence-electron chi connectivity index (χ3n) is 3.53. The number of hydrogen-bond donors (Lipinski definition) is 1. The van der Waals surface area contributed by atoms with E-state index in [1.54, 1.807) is 7.11 Å². The first-order valence-electron chi connectivity index (χ1n) is 7.29. The van der Waals surface area contributed by atoms with Crippen molar-refractivity contribution in [2.45, 2.75) is 13.0 Å². The lowest BCUT2D eigenvalue weighted by Gasteiger charge is -2.13. The molecule has 0 atom stereocenters. The maximum absolute atomic E-state index is 5.16. The molecule has 0 radical (unpaired) electrons. The SMILES string of the molecule is COc1ccc(CCNCc2ccc(N(C)C)cc2)cc1.[Cl-]. The molecule has 0 aromatic heterocycles. The zero-order chi connectivity index (χ0) is 15.1. The molecule has 120 valence electrons. The maximum atomic E-state index is 5.16. The normalized spacial score (nSPS) is 9.95. The van der Waals surface area contributed by atoms with E-state index in [4.69, 9.17) is 4.74 Å². The van der Waals surface area contributed by atoms with Gasteiger partial charge in [0.15, 0.2) is 0 Å². The quantitative estimate of drug-likeness (QED) is 0.733. The van der Waals surface area contributed by atoms with Gasteiger partial charge in [-0.2, -0.15) is 0 Å². The van der Waals surface area contributed by atoms with Crippen LogP contribution in [0.25, 0.3) is 0 Å². The van der Waals surface area contributed by atoms with Crippen molar-refractivity contribution in [1.29, 1.82) is 0 Å². The predicted octanol–water partition coefficient (Wildman–Crippen LogP) is 0.0975. The van der Waals surface area contributed by atoms with Crippen LogP contribution in [0.1, 0.15) is 11.1 Å². The van der Waals surface area contributed by atoms with Crippen LogP contribution < -0.4 is 27.4 Å². The third kappa shape index (κ3) is 5.58. The van der Waals surface area contributed by atoms with Crippen LogP contribution in [0.5, 0.6) is 5.75 Å². The van der Waals surface area contributed by atoms with Crippen molar-refractivity contribution in [3.05, 3.63) is 59.7 Å². The molecule has 22 heavy (non-hydrogen) atoms. The maximum Gasteiger partial charge on any atom is 0.118 e. The molecule has 0 aliphatic heterocycles. The molecule has 2 aromatic rings. The minimum absolute atomic E-state index is 0. The molecule has 2 rings (SSSR count). The van der Waals surface area contributed by atoms with E-state index in [1.165, 1.54) is 16.8 Å². The summed E-state index contributed by atoms with van der Waals surface area (Å²) in [6, 6.07) is 16.9. The van der Waals surface area contributed by atoms with Crippen molar-refractivity contribution in [1.82, 2.24) is 5.32 Å². The summed E-state index contributed by atoms with van der Waals surface area (Å²) in [6.45, 7) is 1.88. The van der Waals surface area contributed by atoms with Gasteiger partial charge in [0.1, 0.15) is 5.75 Å². The zero-order valence-corrected chi connectivity index (χ0v) is 14.2. The van der Waals surface area contributed by atoms with Gasteiger partial charge in [0.05, 0.1) is 7.11 Å². The first-order chi connectivity index (χ1) is 10.2. The first kappa shape index (κ1) is 18.3. The van der Waals surface area contributed by atoms with Crippen LogP contribution in [-0.4, -0.2) is 27.7 Å². The van der Waals surface area contributed by atoms with Gasteiger partial charge in [-0.05, 0) is 48.4 Å². The number of methoxy groups -OCH3 is 1. The summed E-state index contributed by atoms with van der Waals surface area (Å²) in [5.74, 6) is 0.910. The summed E-state index contributed by atoms with van der Waals surface area (Å²) in [7, 11) is 5.81. The standard InChI is InChI=1S/C18H24N2O.ClH/c1-20(2)17-8-4-16(5-9-17)14-19-13-12-15-6-10-18(21-3)11-7-15;/h4-11,19H,12-14H2,1-3H3;1H/p-1. The molecule has 0 spiro atoms. The summed E-state index contributed by atoms with van der Waals surface area (Å²) < 4.78 is 5.16. The van der Waals surface area contributed by atoms with Gasteiger partial charge in [-0.1, -0.05) is 24.3 Å². The Morgan fingerprint density at radius 2 is 1.50 bits per heavy atom. The highest BCUT2D eigenvalue weighted by Crippen LogP contribution is 2.13. The minimum Gasteiger partial charge on any atom is -1.00 e. The zero-order valence-electron chi connectivity index (χ0n) is 13.5. The Morgan fingerprint density at radius 1 is 0.909 bits per heavy atom. The van der Waals surface area contributed by atoms with Gasteiger partial charge in [-0.3, -0.25) is 0 Å². The second-order valence-corrected chi connectivity index (χ2v) is 5.34. The van der Waals surface area contributed by atoms with E-state index in [-0.39, 0.29) is 12.4 Å². The fraction of sp³-hybridized carbons (Fsp3) is 0.333. The molecular weight excluding hydrogens is 296 g/mol. The molecule has 0 amide bonds. The van der Waals surface area contributed by atoms with Gasteiger partial charge >= 0.3 is 0 Å². The molecule has 3 nitrogen and oxygen atoms in total. The predicted molar refractivity (Wildman–Crippen MR) is 89.2 cm³/mol. The average Bonchev–Trinajstić information content (AvgIpc) is 2.52. The van der Waals surface area contributed by atoms with E-state index in [0.29, 0.717) is 0 Å². The number of halogens is 1. The molecule has 2 aromatic carbocycles. The van der Waals surface area contributed by atoms with E-state index >= 15 is 0 Å². The summed E-state index contributed by atoms with van der Waals surface area (Å²) in [5.41, 5.74) is 3.87. The highest BCUT2D eigenvalue weighted by molar-refractivity contribution is 5.45. The molecule has 0 fully saturated rings. The van der Waals surface area contributed by atoms with Crippen LogP contribution in [0.3, 0.4) is 0 Å². The van der Waals surface area contributed by atoms with Crippen molar-refractivity contribution >= 4 is 5.69 Å². The Kier molecular flexibility index (Phi) is 7.78. The van der Waals surface area contributed by atoms with E-state index in [2.05, 4.69) is 60.7 Å². The van der Waals surface area contributed by atoms with Crippen LogP contribution in [0.15, 0.2) is 48.5 Å². The number of ether oxygens (including phenoxy) is 1. The highest BCUT2D eigenvalue weighted by atomic mass is 35.5. The smallest absolute Gasteiger partial charge is 0.118 e. The van der Waals surface area contributed by atoms with Crippen LogP contribution in [0.2, 0.25) is 0 Å². The molecule has 0 unspecified atom stereocenters. The lowest BCUT2D eigenvalue weighted by atomic mass is 10.1. The summed E-state index contributed by atoms with van der Waals surface area (Å²) in [6.07, 6.45) is 1.03. The number of anilines is 1. The van der Waals surface area contributed by atoms with Crippen molar-refractivity contribution in [3.63, 3.8) is 0 Å². The summed E-state index contributed by atoms with van der Waals surface area (Å²) in [5, 5.41) is 3.48. The second-order valence-electron chi connectivity index (χ2n) is 5.34. The van der Waals surface area contributed by atoms with Gasteiger partial charge < -0.3 is 27.4 Å². The Labute approximate surface area is 139 Å². The number of nitrogens with zero attached hydrogens (tertiary/aromatic N) is 1. The number of nitrogens with one attached hydrogen (secondary N) is 1. The monoisotopic (exact) mass is 319 g/mol. The molecule has 0 saturated heterocycles. The van der Waals surface area contributed by atoms with Crippen molar-refractivity contribution < 1.29 is 17.1 Å². The average molecular weight is 320 g/mol. The second kappa shape index (κ2) is 9.34. The highest BCUT2D eigenvalue weighted by Gasteiger charge is 1.97. The number of rotatable bonds is 7. The lowest BCUT2D eigenvalue weighted by molar-refractivity contribution is -0.00000471. The van der Waals surface area contributed by atoms with E-state index in [1.807, 2.05) is 12.1 Å². The van der Waals surface area contributed by atoms with Gasteiger partial charge in [0, 0.05) is 26.3 Å². The van der Waals surface area contributed by atoms with E-state index in [0.717, 1.165) is 25.3 Å². The molecule has 0 saturated carbocycles. The topological polar surface area (TPSA) is 24.5 Å². The van der Waals surface area contributed by atoms with Gasteiger partial charge in [0.25, 0.3) is 0 Å². The molecule has 0 heterocycles. The Hall–Kier alpha value is -1.71. The molecule has 1 N–H and O–H groups in total. The van der Waals surface area contributed by atoms with E-state index < -0.39 is 0 Å².